The van der Waals surface area contributed by atoms with Gasteiger partial charge in [0.25, 0.3) is 0 Å². The first-order valence-corrected chi connectivity index (χ1v) is 18.3. The Labute approximate surface area is 282 Å². The zero-order chi connectivity index (χ0) is 30.9. The Morgan fingerprint density at radius 2 is 1.21 bits per heavy atom. The zero-order valence-corrected chi connectivity index (χ0v) is 27.6. The molecule has 0 amide bonds. The monoisotopic (exact) mass is 670 g/mol. The number of allylic oxidation sites excluding steroid dienone is 2. The molecule has 0 unspecified atom stereocenters. The molecule has 3 nitrogen and oxygen atoms in total. The predicted molar refractivity (Wildman–Crippen MR) is 197 cm³/mol. The molecule has 0 saturated heterocycles. The summed E-state index contributed by atoms with van der Waals surface area (Å²) in [7, 11) is 0. The molecule has 3 aliphatic heterocycles. The molecule has 3 heterocycles. The molecule has 10 rings (SSSR count). The van der Waals surface area contributed by atoms with E-state index in [-0.39, 0.29) is 21.7 Å². The molecule has 0 N–H and O–H groups in total. The van der Waals surface area contributed by atoms with Crippen molar-refractivity contribution in [2.75, 3.05) is 9.80 Å². The SMILES string of the molecule is c1ccc(-c2ccc3c(c2)B2c4ccc(N5C6=C(CCCC6)N(c6ccccc6)c6ccccc65)cc4Oc4cccc(c42)[Se]3)cc1. The van der Waals surface area contributed by atoms with E-state index >= 15 is 0 Å². The van der Waals surface area contributed by atoms with Crippen LogP contribution in [0.4, 0.5) is 22.7 Å². The van der Waals surface area contributed by atoms with Gasteiger partial charge >= 0.3 is 253 Å². The number of benzene rings is 6. The van der Waals surface area contributed by atoms with Crippen molar-refractivity contribution >= 4 is 69.7 Å². The van der Waals surface area contributed by atoms with Crippen LogP contribution in [-0.2, 0) is 0 Å². The van der Waals surface area contributed by atoms with Crippen LogP contribution in [0.5, 0.6) is 11.5 Å². The van der Waals surface area contributed by atoms with Gasteiger partial charge in [-0.2, -0.15) is 0 Å². The number of anilines is 4. The normalized spacial score (nSPS) is 15.6. The Kier molecular flexibility index (Phi) is 6.25. The molecule has 0 fully saturated rings. The Morgan fingerprint density at radius 1 is 0.511 bits per heavy atom. The van der Waals surface area contributed by atoms with Gasteiger partial charge in [-0.25, -0.2) is 0 Å². The molecule has 0 aromatic heterocycles. The van der Waals surface area contributed by atoms with Crippen molar-refractivity contribution < 1.29 is 4.74 Å². The number of hydrogen-bond acceptors (Lipinski definition) is 3. The fraction of sp³-hybridized carbons (Fsp3) is 0.0952. The van der Waals surface area contributed by atoms with E-state index in [1.807, 2.05) is 0 Å². The van der Waals surface area contributed by atoms with E-state index in [1.165, 1.54) is 77.7 Å². The van der Waals surface area contributed by atoms with Crippen molar-refractivity contribution in [3.8, 4) is 22.6 Å². The first-order valence-electron chi connectivity index (χ1n) is 16.6. The third kappa shape index (κ3) is 4.27. The molecule has 4 aliphatic rings. The molecule has 1 aliphatic carbocycles. The summed E-state index contributed by atoms with van der Waals surface area (Å²) in [6.07, 6.45) is 4.52. The van der Waals surface area contributed by atoms with Gasteiger partial charge in [0.1, 0.15) is 0 Å². The van der Waals surface area contributed by atoms with E-state index in [1.54, 1.807) is 0 Å². The molecule has 0 radical (unpaired) electrons. The van der Waals surface area contributed by atoms with Crippen LogP contribution >= 0.6 is 0 Å². The van der Waals surface area contributed by atoms with Gasteiger partial charge < -0.3 is 0 Å². The molecule has 0 spiro atoms. The van der Waals surface area contributed by atoms with Gasteiger partial charge in [-0.05, 0) is 12.1 Å². The van der Waals surface area contributed by atoms with E-state index in [9.17, 15) is 0 Å². The number of para-hydroxylation sites is 3. The van der Waals surface area contributed by atoms with Gasteiger partial charge in [-0.3, -0.25) is 0 Å². The second kappa shape index (κ2) is 10.8. The van der Waals surface area contributed by atoms with Crippen LogP contribution in [0.3, 0.4) is 0 Å². The number of fused-ring (bicyclic) bond motifs is 5. The van der Waals surface area contributed by atoms with Crippen LogP contribution < -0.4 is 39.8 Å². The third-order valence-corrected chi connectivity index (χ3v) is 12.5. The Hall–Kier alpha value is -4.96. The molecule has 5 heteroatoms. The van der Waals surface area contributed by atoms with Crippen LogP contribution in [0.2, 0.25) is 0 Å². The van der Waals surface area contributed by atoms with Gasteiger partial charge in [-0.1, -0.05) is 18.2 Å². The second-order valence-corrected chi connectivity index (χ2v) is 15.0. The minimum absolute atomic E-state index is 0.153. The van der Waals surface area contributed by atoms with Gasteiger partial charge in [0.15, 0.2) is 0 Å². The minimum atomic E-state index is 0.153. The first-order chi connectivity index (χ1) is 23.3. The molecule has 0 saturated carbocycles. The van der Waals surface area contributed by atoms with Crippen LogP contribution in [0.25, 0.3) is 11.1 Å². The fourth-order valence-corrected chi connectivity index (χ4v) is 10.4. The van der Waals surface area contributed by atoms with Crippen molar-refractivity contribution in [3.05, 3.63) is 151 Å². The quantitative estimate of drug-likeness (QED) is 0.188. The number of hydrogen-bond donors (Lipinski definition) is 0. The number of nitrogens with zero attached hydrogens (tertiary/aromatic N) is 2. The van der Waals surface area contributed by atoms with E-state index in [2.05, 4.69) is 149 Å². The van der Waals surface area contributed by atoms with Crippen LogP contribution in [0.15, 0.2) is 151 Å². The van der Waals surface area contributed by atoms with E-state index < -0.39 is 0 Å². The topological polar surface area (TPSA) is 15.7 Å². The molecule has 47 heavy (non-hydrogen) atoms. The molecular weight excluding hydrogens is 638 g/mol. The number of ether oxygens (including phenoxy) is 1. The predicted octanol–water partition coefficient (Wildman–Crippen LogP) is 7.02. The molecule has 224 valence electrons. The van der Waals surface area contributed by atoms with E-state index in [4.69, 9.17) is 4.74 Å². The fourth-order valence-electron chi connectivity index (χ4n) is 8.02. The molecular formula is C42H31BN2OSe. The number of rotatable bonds is 3. The molecule has 0 atom stereocenters. The summed E-state index contributed by atoms with van der Waals surface area (Å²) in [5.41, 5.74) is 14.2. The van der Waals surface area contributed by atoms with Crippen LogP contribution in [-0.4, -0.2) is 21.7 Å². The Bertz CT molecular complexity index is 2230. The van der Waals surface area contributed by atoms with Gasteiger partial charge in [0.05, 0.1) is 0 Å². The average molecular weight is 669 g/mol. The summed E-state index contributed by atoms with van der Waals surface area (Å²) in [6, 6.07) is 51.2. The second-order valence-electron chi connectivity index (χ2n) is 12.7. The summed E-state index contributed by atoms with van der Waals surface area (Å²) < 4.78 is 9.75. The summed E-state index contributed by atoms with van der Waals surface area (Å²) in [5.74, 6) is 1.96. The molecule has 6 aromatic rings. The maximum absolute atomic E-state index is 6.86. The average Bonchev–Trinajstić information content (AvgIpc) is 3.14. The van der Waals surface area contributed by atoms with Crippen molar-refractivity contribution in [1.82, 2.24) is 0 Å². The van der Waals surface area contributed by atoms with Gasteiger partial charge in [0, 0.05) is 0 Å². The summed E-state index contributed by atoms with van der Waals surface area (Å²) in [5, 5.41) is 0. The van der Waals surface area contributed by atoms with Crippen molar-refractivity contribution in [2.45, 2.75) is 25.7 Å². The summed E-state index contributed by atoms with van der Waals surface area (Å²) in [4.78, 5) is 5.02. The molecule has 0 bridgehead atoms. The van der Waals surface area contributed by atoms with E-state index in [0.29, 0.717) is 0 Å². The maximum atomic E-state index is 6.86. The van der Waals surface area contributed by atoms with Crippen LogP contribution in [0, 0.1) is 0 Å². The van der Waals surface area contributed by atoms with Gasteiger partial charge in [-0.15, -0.1) is 0 Å². The molecule has 6 aromatic carbocycles. The van der Waals surface area contributed by atoms with Gasteiger partial charge in [0.2, 0.25) is 0 Å². The van der Waals surface area contributed by atoms with Crippen molar-refractivity contribution in [2.24, 2.45) is 0 Å². The standard InChI is InChI=1S/C42H31BN2OSe/c1-3-12-28(13-4-1)29-22-25-40-33(26-29)43-32-24-23-31(27-39(32)46-38-20-11-21-41(47-40)42(38)43)45-36-18-9-7-16-34(36)44(30-14-5-2-6-15-30)35-17-8-10-19-37(35)45/h1-7,9,11-16,18,20-27H,8,10,17,19H2. The van der Waals surface area contributed by atoms with Crippen molar-refractivity contribution in [1.29, 1.82) is 0 Å². The zero-order valence-electron chi connectivity index (χ0n) is 25.9. The van der Waals surface area contributed by atoms with Crippen molar-refractivity contribution in [3.63, 3.8) is 0 Å². The third-order valence-electron chi connectivity index (χ3n) is 10.1. The summed E-state index contributed by atoms with van der Waals surface area (Å²) in [6.45, 7) is 0.153. The first kappa shape index (κ1) is 27.2. The Balaban J connectivity index is 1.13. The van der Waals surface area contributed by atoms with E-state index in [0.717, 1.165) is 30.0 Å². The summed E-state index contributed by atoms with van der Waals surface area (Å²) >= 11 is 0.235. The van der Waals surface area contributed by atoms with Crippen LogP contribution in [0.1, 0.15) is 25.7 Å². The Morgan fingerprint density at radius 3 is 1.98 bits per heavy atom.